The average molecular weight is 370 g/mol. The Morgan fingerprint density at radius 2 is 1.93 bits per heavy atom. The molecule has 7 nitrogen and oxygen atoms in total. The lowest BCUT2D eigenvalue weighted by atomic mass is 10.2. The standard InChI is InChI=1S/C20H26N4O3/c1-2-12-26-17-5-7-18(8-6-17)27-19-16(4-3-9-22-19)15-23-20(21)24-10-13-25-14-11-24/h3-9H,2,10-15H2,1H3,(H2,21,23). The van der Waals surface area contributed by atoms with E-state index in [-0.39, 0.29) is 0 Å². The summed E-state index contributed by atoms with van der Waals surface area (Å²) in [4.78, 5) is 10.9. The number of pyridine rings is 1. The summed E-state index contributed by atoms with van der Waals surface area (Å²) in [6, 6.07) is 11.3. The minimum atomic E-state index is 0.407. The van der Waals surface area contributed by atoms with Crippen LogP contribution >= 0.6 is 0 Å². The number of hydrogen-bond acceptors (Lipinski definition) is 5. The number of nitrogens with two attached hydrogens (primary N) is 1. The van der Waals surface area contributed by atoms with Crippen LogP contribution in [0.25, 0.3) is 0 Å². The largest absolute Gasteiger partial charge is 0.494 e. The fourth-order valence-electron chi connectivity index (χ4n) is 2.63. The van der Waals surface area contributed by atoms with Gasteiger partial charge in [0.15, 0.2) is 5.96 Å². The maximum Gasteiger partial charge on any atom is 0.224 e. The van der Waals surface area contributed by atoms with Gasteiger partial charge >= 0.3 is 0 Å². The highest BCUT2D eigenvalue weighted by Gasteiger charge is 2.13. The summed E-state index contributed by atoms with van der Waals surface area (Å²) in [5.41, 5.74) is 6.98. The van der Waals surface area contributed by atoms with E-state index in [1.807, 2.05) is 41.3 Å². The Morgan fingerprint density at radius 1 is 1.19 bits per heavy atom. The van der Waals surface area contributed by atoms with E-state index in [4.69, 9.17) is 19.9 Å². The maximum absolute atomic E-state index is 6.10. The number of nitrogens with zero attached hydrogens (tertiary/aromatic N) is 3. The lowest BCUT2D eigenvalue weighted by molar-refractivity contribution is 0.0674. The van der Waals surface area contributed by atoms with Crippen LogP contribution in [-0.4, -0.2) is 48.8 Å². The molecule has 1 aliphatic heterocycles. The second-order valence-corrected chi connectivity index (χ2v) is 6.16. The number of aliphatic imine (C=N–C) groups is 1. The minimum Gasteiger partial charge on any atom is -0.494 e. The van der Waals surface area contributed by atoms with Gasteiger partial charge in [-0.3, -0.25) is 0 Å². The van der Waals surface area contributed by atoms with Gasteiger partial charge < -0.3 is 24.8 Å². The fourth-order valence-corrected chi connectivity index (χ4v) is 2.63. The molecule has 0 atom stereocenters. The van der Waals surface area contributed by atoms with Crippen LogP contribution in [0.1, 0.15) is 18.9 Å². The molecule has 0 amide bonds. The van der Waals surface area contributed by atoms with Gasteiger partial charge in [-0.25, -0.2) is 9.98 Å². The van der Waals surface area contributed by atoms with Crippen LogP contribution in [0.5, 0.6) is 17.4 Å². The normalized spacial score (nSPS) is 14.9. The van der Waals surface area contributed by atoms with Gasteiger partial charge in [0, 0.05) is 24.8 Å². The van der Waals surface area contributed by atoms with Crippen molar-refractivity contribution in [2.45, 2.75) is 19.9 Å². The monoisotopic (exact) mass is 370 g/mol. The lowest BCUT2D eigenvalue weighted by Gasteiger charge is -2.27. The second-order valence-electron chi connectivity index (χ2n) is 6.16. The Morgan fingerprint density at radius 3 is 2.67 bits per heavy atom. The van der Waals surface area contributed by atoms with Gasteiger partial charge in [-0.05, 0) is 36.8 Å². The predicted molar refractivity (Wildman–Crippen MR) is 104 cm³/mol. The predicted octanol–water partition coefficient (Wildman–Crippen LogP) is 2.81. The summed E-state index contributed by atoms with van der Waals surface area (Å²) in [6.45, 7) is 6.06. The van der Waals surface area contributed by atoms with Crippen LogP contribution < -0.4 is 15.2 Å². The van der Waals surface area contributed by atoms with E-state index < -0.39 is 0 Å². The van der Waals surface area contributed by atoms with Crippen molar-refractivity contribution in [3.8, 4) is 17.4 Å². The number of rotatable bonds is 7. The van der Waals surface area contributed by atoms with Gasteiger partial charge in [0.1, 0.15) is 11.5 Å². The van der Waals surface area contributed by atoms with Crippen molar-refractivity contribution in [1.29, 1.82) is 0 Å². The molecule has 3 rings (SSSR count). The molecule has 1 aliphatic rings. The van der Waals surface area contributed by atoms with Crippen LogP contribution in [0.2, 0.25) is 0 Å². The van der Waals surface area contributed by atoms with Crippen LogP contribution in [0.3, 0.4) is 0 Å². The molecular formula is C20H26N4O3. The Kier molecular flexibility index (Phi) is 6.87. The summed E-state index contributed by atoms with van der Waals surface area (Å²) in [7, 11) is 0. The van der Waals surface area contributed by atoms with E-state index >= 15 is 0 Å². The highest BCUT2D eigenvalue weighted by molar-refractivity contribution is 5.78. The maximum atomic E-state index is 6.10. The lowest BCUT2D eigenvalue weighted by Crippen LogP contribution is -2.44. The summed E-state index contributed by atoms with van der Waals surface area (Å²) in [5, 5.41) is 0. The molecule has 7 heteroatoms. The van der Waals surface area contributed by atoms with Crippen molar-refractivity contribution in [3.05, 3.63) is 48.2 Å². The summed E-state index contributed by atoms with van der Waals surface area (Å²) < 4.78 is 16.9. The second kappa shape index (κ2) is 9.78. The summed E-state index contributed by atoms with van der Waals surface area (Å²) in [6.07, 6.45) is 2.68. The number of morpholine rings is 1. The van der Waals surface area contributed by atoms with Gasteiger partial charge in [0.2, 0.25) is 5.88 Å². The third-order valence-electron chi connectivity index (χ3n) is 4.11. The number of aromatic nitrogens is 1. The van der Waals surface area contributed by atoms with Crippen molar-refractivity contribution in [2.75, 3.05) is 32.9 Å². The first-order chi connectivity index (χ1) is 13.3. The van der Waals surface area contributed by atoms with Crippen molar-refractivity contribution in [2.24, 2.45) is 10.7 Å². The molecule has 0 aliphatic carbocycles. The molecule has 0 spiro atoms. The highest BCUT2D eigenvalue weighted by Crippen LogP contribution is 2.25. The van der Waals surface area contributed by atoms with E-state index in [2.05, 4.69) is 16.9 Å². The van der Waals surface area contributed by atoms with Crippen LogP contribution in [0, 0.1) is 0 Å². The Balaban J connectivity index is 1.65. The molecule has 1 fully saturated rings. The Labute approximate surface area is 159 Å². The smallest absolute Gasteiger partial charge is 0.224 e. The van der Waals surface area contributed by atoms with Gasteiger partial charge in [-0.2, -0.15) is 0 Å². The van der Waals surface area contributed by atoms with Crippen LogP contribution in [0.4, 0.5) is 0 Å². The Hall–Kier alpha value is -2.80. The first kappa shape index (κ1) is 19.0. The van der Waals surface area contributed by atoms with E-state index in [1.54, 1.807) is 6.20 Å². The molecule has 1 aromatic carbocycles. The molecule has 144 valence electrons. The van der Waals surface area contributed by atoms with Gasteiger partial charge in [-0.1, -0.05) is 13.0 Å². The minimum absolute atomic E-state index is 0.407. The summed E-state index contributed by atoms with van der Waals surface area (Å²) in [5.74, 6) is 2.57. The average Bonchev–Trinajstić information content (AvgIpc) is 2.73. The van der Waals surface area contributed by atoms with Crippen molar-refractivity contribution in [3.63, 3.8) is 0 Å². The third kappa shape index (κ3) is 5.59. The van der Waals surface area contributed by atoms with Gasteiger partial charge in [-0.15, -0.1) is 0 Å². The van der Waals surface area contributed by atoms with Crippen LogP contribution in [0.15, 0.2) is 47.6 Å². The topological polar surface area (TPSA) is 82.2 Å². The van der Waals surface area contributed by atoms with E-state index in [9.17, 15) is 0 Å². The summed E-state index contributed by atoms with van der Waals surface area (Å²) >= 11 is 0. The van der Waals surface area contributed by atoms with Gasteiger partial charge in [0.05, 0.1) is 26.4 Å². The number of ether oxygens (including phenoxy) is 3. The molecule has 0 saturated carbocycles. The molecule has 2 N–H and O–H groups in total. The zero-order valence-electron chi connectivity index (χ0n) is 15.6. The highest BCUT2D eigenvalue weighted by atomic mass is 16.5. The fraction of sp³-hybridized carbons (Fsp3) is 0.400. The van der Waals surface area contributed by atoms with Crippen molar-refractivity contribution >= 4 is 5.96 Å². The Bertz CT molecular complexity index is 743. The van der Waals surface area contributed by atoms with Crippen molar-refractivity contribution in [1.82, 2.24) is 9.88 Å². The van der Waals surface area contributed by atoms with Crippen molar-refractivity contribution < 1.29 is 14.2 Å². The van der Waals surface area contributed by atoms with E-state index in [0.29, 0.717) is 44.0 Å². The van der Waals surface area contributed by atoms with E-state index in [1.165, 1.54) is 0 Å². The first-order valence-corrected chi connectivity index (χ1v) is 9.23. The molecule has 0 bridgehead atoms. The molecule has 27 heavy (non-hydrogen) atoms. The third-order valence-corrected chi connectivity index (χ3v) is 4.11. The molecule has 2 heterocycles. The zero-order chi connectivity index (χ0) is 18.9. The number of benzene rings is 1. The molecular weight excluding hydrogens is 344 g/mol. The number of guanidine groups is 1. The van der Waals surface area contributed by atoms with E-state index in [0.717, 1.165) is 30.8 Å². The number of hydrogen-bond donors (Lipinski definition) is 1. The molecule has 1 saturated heterocycles. The zero-order valence-corrected chi connectivity index (χ0v) is 15.6. The first-order valence-electron chi connectivity index (χ1n) is 9.23. The molecule has 2 aromatic rings. The molecule has 0 unspecified atom stereocenters. The quantitative estimate of drug-likeness (QED) is 0.596. The van der Waals surface area contributed by atoms with Gasteiger partial charge in [0.25, 0.3) is 0 Å². The molecule has 1 aromatic heterocycles. The van der Waals surface area contributed by atoms with Crippen LogP contribution in [-0.2, 0) is 11.3 Å². The molecule has 0 radical (unpaired) electrons. The SMILES string of the molecule is CCCOc1ccc(Oc2ncccc2CN=C(N)N2CCOCC2)cc1.